The minimum Gasteiger partial charge on any atom is -0.519 e. The van der Waals surface area contributed by atoms with Crippen LogP contribution in [0.5, 0.6) is 46.0 Å². The molecule has 0 aliphatic heterocycles. The Morgan fingerprint density at radius 3 is 0.781 bits per heavy atom. The molecule has 0 atom stereocenters. The monoisotopic (exact) mass is 2010 g/mol. The Morgan fingerprint density at radius 1 is 0.321 bits per heavy atom. The third-order valence-corrected chi connectivity index (χ3v) is 20.7. The molecule has 0 spiro atoms. The van der Waals surface area contributed by atoms with E-state index in [0.29, 0.717) is 17.9 Å². The first-order valence-electron chi connectivity index (χ1n) is 41.1. The number of allylic oxidation sites excluding steroid dienone is 2. The number of anilines is 6. The number of aromatic nitrogens is 1. The van der Waals surface area contributed by atoms with Crippen LogP contribution in [0, 0.1) is 64.2 Å². The van der Waals surface area contributed by atoms with Gasteiger partial charge in [-0.1, -0.05) is 13.0 Å². The van der Waals surface area contributed by atoms with E-state index in [4.69, 9.17) is 5.73 Å². The molecule has 0 saturated carbocycles. The van der Waals surface area contributed by atoms with Crippen molar-refractivity contribution in [3.05, 3.63) is 215 Å². The number of likely N-dealkylation sites (N-methyl/N-ethyl adjacent to an activating group) is 7. The van der Waals surface area contributed by atoms with E-state index in [0.717, 1.165) is 49.5 Å². The molecule has 0 bridgehead atoms. The Bertz CT molecular complexity index is 6030. The molecule has 13 rings (SSSR count). The smallest absolute Gasteiger partial charge is 0.218 e. The Balaban J connectivity index is 0.000000239. The quantitative estimate of drug-likeness (QED) is 0.00457. The van der Waals surface area contributed by atoms with Crippen LogP contribution in [0.3, 0.4) is 0 Å². The number of phenolic OH excluding ortho intramolecular Hbond substituents is 8. The summed E-state index contributed by atoms with van der Waals surface area (Å²) in [5.41, 5.74) is -7.24. The second-order valence-electron chi connectivity index (χ2n) is 34.1. The zero-order valence-corrected chi connectivity index (χ0v) is 79.6. The molecule has 4 aliphatic rings. The number of benzene rings is 8. The van der Waals surface area contributed by atoms with E-state index in [1.807, 2.05) is 14.1 Å². The first-order valence-corrected chi connectivity index (χ1v) is 41.1. The van der Waals surface area contributed by atoms with Crippen molar-refractivity contribution in [2.24, 2.45) is 5.73 Å². The molecule has 0 saturated heterocycles. The topological polar surface area (TPSA) is 491 Å². The zero-order valence-electron chi connectivity index (χ0n) is 76.8. The van der Waals surface area contributed by atoms with Crippen molar-refractivity contribution in [2.75, 3.05) is 222 Å². The number of nitrogens with one attached hydrogen (secondary N) is 6. The van der Waals surface area contributed by atoms with Crippen molar-refractivity contribution in [1.82, 2.24) is 14.7 Å². The Labute approximate surface area is 801 Å². The van der Waals surface area contributed by atoms with Gasteiger partial charge >= 0.3 is 0 Å². The number of hydroxylamine groups is 12. The number of carbonyl (C=O) groups is 8. The number of carbonyl (C=O) groups excluding carboxylic acids is 8. The second-order valence-corrected chi connectivity index (χ2v) is 34.1. The molecule has 9 aromatic rings. The number of quaternary nitrogens is 4. The van der Waals surface area contributed by atoms with Crippen LogP contribution < -0.4 is 42.4 Å². The van der Waals surface area contributed by atoms with Gasteiger partial charge in [-0.2, -0.15) is 18.6 Å². The minimum absolute atomic E-state index is 0. The minimum atomic E-state index is -2.25. The Kier molecular flexibility index (Phi) is 36.6. The van der Waals surface area contributed by atoms with Gasteiger partial charge in [-0.3, -0.25) is 28.8 Å². The maximum atomic E-state index is 15.3. The molecular formula is C90H104F11N15O20Y+4. The number of hydrogen-bond acceptors (Lipinski definition) is 30. The van der Waals surface area contributed by atoms with Crippen LogP contribution in [0.1, 0.15) is 123 Å². The van der Waals surface area contributed by atoms with E-state index >= 15 is 26.3 Å². The molecule has 47 heteroatoms. The summed E-state index contributed by atoms with van der Waals surface area (Å²) in [6.07, 6.45) is 4.95. The number of ketones is 8. The number of pyridine rings is 1. The van der Waals surface area contributed by atoms with Crippen LogP contribution in [-0.2, 0) is 32.7 Å². The SMILES string of the molecule is CC1=[C-]C(=O)c2c(c(O)c3c(NCC[N+](C)(C)O)c(F)c(F)c(NCC[N+](C)(C)O)c3c2O)C1=O.CN(C)CCN.CN(C)CCNc1c(F)c(F)c(NCCN(C)C)c2c1C(=O)c1c(O)ccc(O)c1C2=O.C[N+](C)(O)CCNc1c(F)c(F)c(NCC[N+](C)(C)O)c2c1C(=O)c1c(O)ccc(O)c1C2=O.F[n+]1ccccc1.O=C1c2c(O)ccc(O)c2C(=O)c2c(F)c(F)c(F)c(F)c21.[Y]. The summed E-state index contributed by atoms with van der Waals surface area (Å²) in [6.45, 7) is 4.15. The molecule has 1 heterocycles. The van der Waals surface area contributed by atoms with E-state index in [1.54, 1.807) is 56.2 Å². The number of phenols is 8. The van der Waals surface area contributed by atoms with Crippen LogP contribution in [-0.4, -0.2) is 332 Å². The maximum absolute atomic E-state index is 15.3. The average Bonchev–Trinajstić information content (AvgIpc) is 0.740. The van der Waals surface area contributed by atoms with Crippen LogP contribution in [0.15, 0.2) is 72.6 Å². The Morgan fingerprint density at radius 2 is 0.555 bits per heavy atom. The number of rotatable bonds is 26. The van der Waals surface area contributed by atoms with Crippen LogP contribution in [0.4, 0.5) is 82.5 Å². The van der Waals surface area contributed by atoms with Gasteiger partial charge in [-0.15, -0.1) is 11.6 Å². The van der Waals surface area contributed by atoms with Gasteiger partial charge in [0.15, 0.2) is 58.2 Å². The first-order chi connectivity index (χ1) is 63.2. The number of nitrogens with two attached hydrogens (primary N) is 1. The number of halogens is 11. The summed E-state index contributed by atoms with van der Waals surface area (Å²) in [5.74, 6) is -30.7. The average molecular weight is 2010 g/mol. The zero-order chi connectivity index (χ0) is 102. The molecular weight excluding hydrogens is 1910 g/mol. The normalized spacial score (nSPS) is 13.0. The van der Waals surface area contributed by atoms with E-state index in [1.165, 1.54) is 75.7 Å². The molecule has 137 heavy (non-hydrogen) atoms. The largest absolute Gasteiger partial charge is 0.519 e. The Hall–Kier alpha value is -12.7. The fraction of sp³-hybridized carbons (Fsp3) is 0.322. The van der Waals surface area contributed by atoms with Crippen molar-refractivity contribution in [2.45, 2.75) is 6.92 Å². The molecule has 1 aromatic heterocycles. The molecule has 0 fully saturated rings. The van der Waals surface area contributed by atoms with E-state index in [9.17, 15) is 122 Å². The summed E-state index contributed by atoms with van der Waals surface area (Å²) in [7, 11) is 22.8. The first kappa shape index (κ1) is 111. The third kappa shape index (κ3) is 25.0. The van der Waals surface area contributed by atoms with Gasteiger partial charge in [0.1, 0.15) is 66.4 Å². The number of hydrogen-bond donors (Lipinski definition) is 19. The van der Waals surface area contributed by atoms with Crippen molar-refractivity contribution >= 4 is 91.2 Å². The molecule has 0 unspecified atom stereocenters. The summed E-state index contributed by atoms with van der Waals surface area (Å²) in [6, 6.07) is 10.9. The van der Waals surface area contributed by atoms with Gasteiger partial charge in [0.25, 0.3) is 0 Å². The van der Waals surface area contributed by atoms with Crippen molar-refractivity contribution in [3.8, 4) is 46.0 Å². The molecule has 1 radical (unpaired) electrons. The van der Waals surface area contributed by atoms with E-state index in [-0.39, 0.29) is 115 Å². The molecule has 0 amide bonds. The third-order valence-electron chi connectivity index (χ3n) is 20.7. The van der Waals surface area contributed by atoms with E-state index < -0.39 is 281 Å². The predicted octanol–water partition coefficient (Wildman–Crippen LogP) is 9.06. The number of fused-ring (bicyclic) bond motifs is 8. The fourth-order valence-corrected chi connectivity index (χ4v) is 14.0. The van der Waals surface area contributed by atoms with Crippen LogP contribution >= 0.6 is 0 Å². The predicted molar refractivity (Wildman–Crippen MR) is 471 cm³/mol. The summed E-state index contributed by atoms with van der Waals surface area (Å²) in [4.78, 5) is 109. The van der Waals surface area contributed by atoms with Gasteiger partial charge in [0, 0.05) is 94.3 Å². The van der Waals surface area contributed by atoms with Gasteiger partial charge in [0.2, 0.25) is 47.1 Å². The number of Topliss-reactive ketones (excluding diaryl/α,β-unsaturated/α-hetero) is 2. The molecule has 4 aliphatic carbocycles. The van der Waals surface area contributed by atoms with Crippen molar-refractivity contribution < 1.29 is 205 Å². The van der Waals surface area contributed by atoms with E-state index in [2.05, 4.69) is 42.9 Å². The van der Waals surface area contributed by atoms with Gasteiger partial charge in [0.05, 0.1) is 211 Å². The van der Waals surface area contributed by atoms with Crippen LogP contribution in [0.2, 0.25) is 0 Å². The van der Waals surface area contributed by atoms with Gasteiger partial charge in [-0.05, 0) is 89.8 Å². The summed E-state index contributed by atoms with van der Waals surface area (Å²) in [5, 5.41) is 137. The van der Waals surface area contributed by atoms with Gasteiger partial charge in [-0.25, -0.2) is 64.7 Å². The molecule has 20 N–H and O–H groups in total. The summed E-state index contributed by atoms with van der Waals surface area (Å²) >= 11 is 0. The molecule has 735 valence electrons. The van der Waals surface area contributed by atoms with Crippen LogP contribution in [0.25, 0.3) is 10.8 Å². The van der Waals surface area contributed by atoms with Gasteiger partial charge < -0.3 is 103 Å². The molecule has 8 aromatic carbocycles. The van der Waals surface area contributed by atoms with Crippen molar-refractivity contribution in [3.63, 3.8) is 0 Å². The number of nitrogens with zero attached hydrogens (tertiary/aromatic N) is 8. The second kappa shape index (κ2) is 45.1. The maximum Gasteiger partial charge on any atom is 0.218 e. The summed E-state index contributed by atoms with van der Waals surface area (Å²) < 4.78 is 155. The van der Waals surface area contributed by atoms with Crippen molar-refractivity contribution in [1.29, 1.82) is 0 Å². The number of aromatic hydroxyl groups is 8. The fourth-order valence-electron chi connectivity index (χ4n) is 14.0. The standard InChI is InChI=1S/C23H28F2N4O6.C22H26F2N4O6.C22H26F2N4O4.C14H4F4O4.C5H5FN.C4H12N2.Y/c1-11-10-12(30)13-16(21(11)31)23(33)15-14(22(13)32)19(26-6-8-28(2,3)34)17(24)18(25)20(15)27-7-9-29(4,5)35;1-27(2,33)9-7-25-19-15-16(20(18(24)17(19)23)26-8-10-28(3,4)34)22(32)14-12(30)6-5-11(29)13(14)21(15)31;1-27(2)9-7-25-19-15-16(20(18(24)17(19)23)26-8-10-28(3)4)22(32)14-12(30)6-5-11(29)13(14)21(15)31;15-9-7-8(10(16)12(18)11(9)17)14(22)6-4(20)2-1-3(19)5(6)13(7)21;6-7-4-2-1-3-5-7;1-6(2)4-3-5;/h34-35H,6-9H2,1-5H3,(H3-,26,27,30,31,32,33);5-6,33-34H,7-10H2,1-4H3,(H2-2,25,26,29,30,31,32);5-6,25-26,29-30H,7-10H2,1-4H3;1-2,19-20H;1-5H;3-5H2,1-2H3;/q;;;;+1;;/p+3. The molecule has 35 nitrogen and oxygen atoms in total.